The van der Waals surface area contributed by atoms with Gasteiger partial charge in [0.05, 0.1) is 10.9 Å². The number of hydrogen-bond donors (Lipinski definition) is 1. The maximum atomic E-state index is 12.6. The Morgan fingerprint density at radius 2 is 2.06 bits per heavy atom. The third-order valence-corrected chi connectivity index (χ3v) is 4.58. The summed E-state index contributed by atoms with van der Waals surface area (Å²) < 4.78 is 37.7. The van der Waals surface area contributed by atoms with Crippen molar-refractivity contribution >= 4 is 11.3 Å². The summed E-state index contributed by atoms with van der Waals surface area (Å²) in [5.41, 5.74) is 6.64. The lowest BCUT2D eigenvalue weighted by Crippen LogP contribution is -2.47. The molecule has 0 radical (unpaired) electrons. The summed E-state index contributed by atoms with van der Waals surface area (Å²) in [7, 11) is 0. The summed E-state index contributed by atoms with van der Waals surface area (Å²) >= 11 is 1.53. The fourth-order valence-corrected chi connectivity index (χ4v) is 3.41. The summed E-state index contributed by atoms with van der Waals surface area (Å²) in [4.78, 5) is 4.33. The van der Waals surface area contributed by atoms with E-state index in [1.807, 2.05) is 12.3 Å². The zero-order valence-corrected chi connectivity index (χ0v) is 11.1. The van der Waals surface area contributed by atoms with E-state index >= 15 is 0 Å². The Kier molecular flexibility index (Phi) is 3.69. The van der Waals surface area contributed by atoms with Crippen LogP contribution in [0.4, 0.5) is 13.2 Å². The van der Waals surface area contributed by atoms with Gasteiger partial charge < -0.3 is 5.73 Å². The van der Waals surface area contributed by atoms with Crippen molar-refractivity contribution in [1.82, 2.24) is 4.98 Å². The van der Waals surface area contributed by atoms with E-state index < -0.39 is 17.6 Å². The first kappa shape index (κ1) is 13.8. The third kappa shape index (κ3) is 3.23. The predicted molar refractivity (Wildman–Crippen MR) is 65.5 cm³/mol. The number of halogens is 3. The van der Waals surface area contributed by atoms with Gasteiger partial charge in [-0.05, 0) is 32.6 Å². The fourth-order valence-electron chi connectivity index (χ4n) is 2.48. The molecule has 0 unspecified atom stereocenters. The maximum Gasteiger partial charge on any atom is 0.391 e. The molecule has 1 heterocycles. The molecule has 0 aliphatic heterocycles. The van der Waals surface area contributed by atoms with Crippen LogP contribution in [0.2, 0.25) is 0 Å². The first-order valence-electron chi connectivity index (χ1n) is 6.05. The van der Waals surface area contributed by atoms with Crippen LogP contribution in [-0.2, 0) is 6.42 Å². The molecule has 2 N–H and O–H groups in total. The van der Waals surface area contributed by atoms with Crippen molar-refractivity contribution in [3.63, 3.8) is 0 Å². The van der Waals surface area contributed by atoms with Crippen LogP contribution in [0, 0.1) is 12.8 Å². The van der Waals surface area contributed by atoms with Crippen molar-refractivity contribution in [3.05, 3.63) is 16.1 Å². The van der Waals surface area contributed by atoms with Gasteiger partial charge in [0.25, 0.3) is 0 Å². The van der Waals surface area contributed by atoms with Crippen LogP contribution < -0.4 is 5.73 Å². The molecule has 1 saturated carbocycles. The number of rotatable bonds is 2. The molecule has 0 amide bonds. The van der Waals surface area contributed by atoms with Gasteiger partial charge in [-0.25, -0.2) is 4.98 Å². The van der Waals surface area contributed by atoms with E-state index in [1.165, 1.54) is 11.3 Å². The lowest BCUT2D eigenvalue weighted by Gasteiger charge is -2.37. The van der Waals surface area contributed by atoms with Crippen LogP contribution in [0.25, 0.3) is 0 Å². The van der Waals surface area contributed by atoms with Crippen molar-refractivity contribution in [2.75, 3.05) is 0 Å². The minimum absolute atomic E-state index is 0.143. The zero-order chi connectivity index (χ0) is 13.4. The average molecular weight is 278 g/mol. The monoisotopic (exact) mass is 278 g/mol. The molecular formula is C12H17F3N2S. The molecule has 0 bridgehead atoms. The number of nitrogens with zero attached hydrogens (tertiary/aromatic N) is 1. The van der Waals surface area contributed by atoms with E-state index in [4.69, 9.17) is 5.73 Å². The van der Waals surface area contributed by atoms with Gasteiger partial charge in [0.1, 0.15) is 0 Å². The molecule has 1 aliphatic rings. The van der Waals surface area contributed by atoms with Gasteiger partial charge in [0, 0.05) is 23.0 Å². The molecule has 2 rings (SSSR count). The number of thiazole rings is 1. The highest BCUT2D eigenvalue weighted by Crippen LogP contribution is 2.41. The van der Waals surface area contributed by atoms with Gasteiger partial charge in [0.15, 0.2) is 0 Å². The first-order valence-corrected chi connectivity index (χ1v) is 6.93. The molecule has 18 heavy (non-hydrogen) atoms. The maximum absolute atomic E-state index is 12.6. The van der Waals surface area contributed by atoms with Crippen molar-refractivity contribution in [2.24, 2.45) is 11.7 Å². The molecule has 0 aromatic carbocycles. The lowest BCUT2D eigenvalue weighted by molar-refractivity contribution is -0.184. The smallest absolute Gasteiger partial charge is 0.325 e. The van der Waals surface area contributed by atoms with Crippen molar-refractivity contribution in [1.29, 1.82) is 0 Å². The van der Waals surface area contributed by atoms with Crippen LogP contribution in [0.1, 0.15) is 36.4 Å². The average Bonchev–Trinajstić information content (AvgIpc) is 2.62. The summed E-state index contributed by atoms with van der Waals surface area (Å²) in [6, 6.07) is 0. The van der Waals surface area contributed by atoms with E-state index in [-0.39, 0.29) is 12.8 Å². The second-order valence-corrected chi connectivity index (χ2v) is 6.18. The van der Waals surface area contributed by atoms with Gasteiger partial charge in [-0.1, -0.05) is 0 Å². The number of alkyl halides is 3. The number of aromatic nitrogens is 1. The Morgan fingerprint density at radius 1 is 1.44 bits per heavy atom. The summed E-state index contributed by atoms with van der Waals surface area (Å²) in [5, 5.41) is 2.88. The van der Waals surface area contributed by atoms with Crippen LogP contribution in [0.3, 0.4) is 0 Å². The van der Waals surface area contributed by atoms with E-state index in [9.17, 15) is 13.2 Å². The Labute approximate surface area is 108 Å². The topological polar surface area (TPSA) is 38.9 Å². The third-order valence-electron chi connectivity index (χ3n) is 3.61. The molecular weight excluding hydrogens is 261 g/mol. The Bertz CT molecular complexity index is 406. The molecule has 1 aromatic rings. The van der Waals surface area contributed by atoms with Crippen LogP contribution in [0.5, 0.6) is 0 Å². The highest BCUT2D eigenvalue weighted by atomic mass is 32.1. The molecule has 1 aliphatic carbocycles. The van der Waals surface area contributed by atoms with Crippen molar-refractivity contribution in [3.8, 4) is 0 Å². The molecule has 102 valence electrons. The van der Waals surface area contributed by atoms with Crippen LogP contribution in [-0.4, -0.2) is 16.7 Å². The summed E-state index contributed by atoms with van der Waals surface area (Å²) in [6.07, 6.45) is -2.34. The minimum atomic E-state index is -4.07. The summed E-state index contributed by atoms with van der Waals surface area (Å²) in [6.45, 7) is 1.91. The second kappa shape index (κ2) is 4.81. The minimum Gasteiger partial charge on any atom is -0.325 e. The number of nitrogens with two attached hydrogens (primary N) is 1. The molecule has 0 saturated heterocycles. The van der Waals surface area contributed by atoms with Gasteiger partial charge in [-0.3, -0.25) is 0 Å². The van der Waals surface area contributed by atoms with E-state index in [1.54, 1.807) is 0 Å². The van der Waals surface area contributed by atoms with E-state index in [0.717, 1.165) is 10.7 Å². The Hall–Kier alpha value is -0.620. The molecule has 0 atom stereocenters. The second-order valence-electron chi connectivity index (χ2n) is 5.24. The van der Waals surface area contributed by atoms with Gasteiger partial charge in [0.2, 0.25) is 0 Å². The first-order chi connectivity index (χ1) is 8.28. The highest BCUT2D eigenvalue weighted by molar-refractivity contribution is 7.09. The molecule has 6 heteroatoms. The Morgan fingerprint density at radius 3 is 2.50 bits per heavy atom. The highest BCUT2D eigenvalue weighted by Gasteiger charge is 2.44. The fraction of sp³-hybridized carbons (Fsp3) is 0.750. The van der Waals surface area contributed by atoms with E-state index in [2.05, 4.69) is 4.98 Å². The van der Waals surface area contributed by atoms with Gasteiger partial charge >= 0.3 is 6.18 Å². The Balaban J connectivity index is 1.95. The normalized spacial score (nSPS) is 29.5. The quantitative estimate of drug-likeness (QED) is 0.900. The van der Waals surface area contributed by atoms with Gasteiger partial charge in [-0.15, -0.1) is 11.3 Å². The standard InChI is InChI=1S/C12H17F3N2S/c1-8-7-18-10(17-8)6-11(16)4-2-9(3-5-11)12(13,14)15/h7,9H,2-6,16H2,1H3. The number of hydrogen-bond acceptors (Lipinski definition) is 3. The van der Waals surface area contributed by atoms with Crippen molar-refractivity contribution in [2.45, 2.75) is 50.7 Å². The SMILES string of the molecule is Cc1csc(CC2(N)CCC(C(F)(F)F)CC2)n1. The van der Waals surface area contributed by atoms with Crippen LogP contribution >= 0.6 is 11.3 Å². The van der Waals surface area contributed by atoms with Gasteiger partial charge in [-0.2, -0.15) is 13.2 Å². The molecule has 1 fully saturated rings. The summed E-state index contributed by atoms with van der Waals surface area (Å²) in [5.74, 6) is -1.17. The zero-order valence-electron chi connectivity index (χ0n) is 10.3. The van der Waals surface area contributed by atoms with Crippen LogP contribution in [0.15, 0.2) is 5.38 Å². The van der Waals surface area contributed by atoms with E-state index in [0.29, 0.717) is 19.3 Å². The molecule has 2 nitrogen and oxygen atoms in total. The number of aryl methyl sites for hydroxylation is 1. The molecule has 0 spiro atoms. The predicted octanol–water partition coefficient (Wildman–Crippen LogP) is 3.44. The molecule has 1 aromatic heterocycles. The largest absolute Gasteiger partial charge is 0.391 e. The van der Waals surface area contributed by atoms with Crippen molar-refractivity contribution < 1.29 is 13.2 Å². The lowest BCUT2D eigenvalue weighted by atomic mass is 9.75.